The summed E-state index contributed by atoms with van der Waals surface area (Å²) >= 11 is 5.82. The third-order valence-electron chi connectivity index (χ3n) is 3.10. The summed E-state index contributed by atoms with van der Waals surface area (Å²) in [6.07, 6.45) is 3.19. The Kier molecular flexibility index (Phi) is 4.68. The van der Waals surface area contributed by atoms with Gasteiger partial charge in [-0.15, -0.1) is 0 Å². The predicted molar refractivity (Wildman–Crippen MR) is 81.2 cm³/mol. The molecule has 0 saturated carbocycles. The predicted octanol–water partition coefficient (Wildman–Crippen LogP) is 2.24. The summed E-state index contributed by atoms with van der Waals surface area (Å²) in [5, 5.41) is 19.4. The van der Waals surface area contributed by atoms with E-state index < -0.39 is 17.4 Å². The summed E-state index contributed by atoms with van der Waals surface area (Å²) < 4.78 is 14.5. The minimum absolute atomic E-state index is 0.0245. The zero-order valence-corrected chi connectivity index (χ0v) is 12.9. The quantitative estimate of drug-likeness (QED) is 0.806. The van der Waals surface area contributed by atoms with E-state index in [0.717, 1.165) is 6.07 Å². The highest BCUT2D eigenvalue weighted by atomic mass is 35.5. The van der Waals surface area contributed by atoms with Gasteiger partial charge < -0.3 is 15.7 Å². The molecular weight excluding hydrogens is 311 g/mol. The number of urea groups is 1. The van der Waals surface area contributed by atoms with Gasteiger partial charge >= 0.3 is 6.03 Å². The van der Waals surface area contributed by atoms with Gasteiger partial charge in [0.2, 0.25) is 0 Å². The molecule has 0 radical (unpaired) electrons. The van der Waals surface area contributed by atoms with E-state index in [1.54, 1.807) is 24.9 Å². The molecule has 6 nitrogen and oxygen atoms in total. The van der Waals surface area contributed by atoms with Crippen molar-refractivity contribution in [2.75, 3.05) is 11.9 Å². The average Bonchev–Trinajstić information content (AvgIpc) is 2.87. The molecule has 0 fully saturated rings. The second-order valence-electron chi connectivity index (χ2n) is 5.11. The van der Waals surface area contributed by atoms with Gasteiger partial charge in [-0.2, -0.15) is 5.10 Å². The fourth-order valence-corrected chi connectivity index (χ4v) is 2.03. The fraction of sp³-hybridized carbons (Fsp3) is 0.286. The van der Waals surface area contributed by atoms with Gasteiger partial charge in [0.05, 0.1) is 23.5 Å². The first kappa shape index (κ1) is 16.3. The zero-order valence-electron chi connectivity index (χ0n) is 12.1. The van der Waals surface area contributed by atoms with Gasteiger partial charge in [0.15, 0.2) is 0 Å². The summed E-state index contributed by atoms with van der Waals surface area (Å²) in [5.41, 5.74) is -0.408. The first-order valence-electron chi connectivity index (χ1n) is 6.49. The van der Waals surface area contributed by atoms with Crippen LogP contribution in [0.4, 0.5) is 14.9 Å². The topological polar surface area (TPSA) is 79.2 Å². The van der Waals surface area contributed by atoms with Crippen molar-refractivity contribution >= 4 is 23.3 Å². The van der Waals surface area contributed by atoms with E-state index in [9.17, 15) is 14.3 Å². The minimum Gasteiger partial charge on any atom is -0.383 e. The number of benzene rings is 1. The van der Waals surface area contributed by atoms with Crippen LogP contribution in [0, 0.1) is 5.82 Å². The molecule has 1 aromatic heterocycles. The molecule has 0 aliphatic rings. The van der Waals surface area contributed by atoms with E-state index >= 15 is 0 Å². The Balaban J connectivity index is 1.95. The van der Waals surface area contributed by atoms with Crippen molar-refractivity contribution in [3.8, 4) is 0 Å². The number of nitrogens with zero attached hydrogens (tertiary/aromatic N) is 2. The van der Waals surface area contributed by atoms with Crippen molar-refractivity contribution in [1.82, 2.24) is 15.1 Å². The lowest BCUT2D eigenvalue weighted by molar-refractivity contribution is 0.0599. The minimum atomic E-state index is -1.27. The molecule has 1 heterocycles. The van der Waals surface area contributed by atoms with Crippen molar-refractivity contribution in [3.63, 3.8) is 0 Å². The molecule has 3 N–H and O–H groups in total. The maximum Gasteiger partial charge on any atom is 0.319 e. The number of carbonyl (C=O) groups excluding carboxylic acids is 1. The molecule has 118 valence electrons. The SMILES string of the molecule is Cn1cc(C(C)(O)CNC(=O)Nc2ccc(F)cc2Cl)cn1. The molecule has 1 unspecified atom stereocenters. The van der Waals surface area contributed by atoms with Gasteiger partial charge in [-0.3, -0.25) is 4.68 Å². The van der Waals surface area contributed by atoms with Gasteiger partial charge in [0, 0.05) is 18.8 Å². The maximum atomic E-state index is 12.9. The van der Waals surface area contributed by atoms with E-state index in [1.165, 1.54) is 18.3 Å². The monoisotopic (exact) mass is 326 g/mol. The molecule has 1 aromatic carbocycles. The van der Waals surface area contributed by atoms with E-state index in [2.05, 4.69) is 15.7 Å². The number of nitrogens with one attached hydrogen (secondary N) is 2. The van der Waals surface area contributed by atoms with Crippen LogP contribution in [0.15, 0.2) is 30.6 Å². The van der Waals surface area contributed by atoms with Crippen LogP contribution in [0.5, 0.6) is 0 Å². The van der Waals surface area contributed by atoms with E-state index in [0.29, 0.717) is 5.56 Å². The van der Waals surface area contributed by atoms with Gasteiger partial charge in [0.1, 0.15) is 11.4 Å². The molecule has 2 amide bonds. The Morgan fingerprint density at radius 2 is 2.27 bits per heavy atom. The lowest BCUT2D eigenvalue weighted by Gasteiger charge is -2.22. The molecular formula is C14H16ClFN4O2. The van der Waals surface area contributed by atoms with Crippen molar-refractivity contribution in [2.24, 2.45) is 7.05 Å². The molecule has 0 aliphatic heterocycles. The Hall–Kier alpha value is -2.12. The van der Waals surface area contributed by atoms with E-state index in [-0.39, 0.29) is 17.3 Å². The van der Waals surface area contributed by atoms with Crippen LogP contribution in [0.3, 0.4) is 0 Å². The summed E-state index contributed by atoms with van der Waals surface area (Å²) in [6.45, 7) is 1.54. The lowest BCUT2D eigenvalue weighted by Crippen LogP contribution is -2.40. The number of halogens is 2. The number of anilines is 1. The fourth-order valence-electron chi connectivity index (χ4n) is 1.81. The number of hydrogen-bond acceptors (Lipinski definition) is 3. The van der Waals surface area contributed by atoms with Crippen LogP contribution in [0.1, 0.15) is 12.5 Å². The number of carbonyl (C=O) groups is 1. The van der Waals surface area contributed by atoms with Gasteiger partial charge in [-0.05, 0) is 25.1 Å². The largest absolute Gasteiger partial charge is 0.383 e. The van der Waals surface area contributed by atoms with Crippen LogP contribution in [-0.4, -0.2) is 27.5 Å². The number of rotatable bonds is 4. The number of hydrogen-bond donors (Lipinski definition) is 3. The van der Waals surface area contributed by atoms with Crippen LogP contribution < -0.4 is 10.6 Å². The molecule has 0 spiro atoms. The van der Waals surface area contributed by atoms with Crippen molar-refractivity contribution in [2.45, 2.75) is 12.5 Å². The van der Waals surface area contributed by atoms with Crippen LogP contribution in [-0.2, 0) is 12.6 Å². The van der Waals surface area contributed by atoms with E-state index in [4.69, 9.17) is 11.6 Å². The Bertz CT molecular complexity index is 687. The molecule has 0 bridgehead atoms. The summed E-state index contributed by atoms with van der Waals surface area (Å²) in [6, 6.07) is 3.09. The highest BCUT2D eigenvalue weighted by molar-refractivity contribution is 6.33. The summed E-state index contributed by atoms with van der Waals surface area (Å²) in [5.74, 6) is -0.490. The first-order chi connectivity index (χ1) is 10.3. The van der Waals surface area contributed by atoms with Crippen LogP contribution in [0.2, 0.25) is 5.02 Å². The number of amides is 2. The third-order valence-corrected chi connectivity index (χ3v) is 3.41. The Labute approximate surface area is 131 Å². The Morgan fingerprint density at radius 3 is 2.86 bits per heavy atom. The standard InChI is InChI=1S/C14H16ClFN4O2/c1-14(22,9-6-18-20(2)7-9)8-17-13(21)19-12-4-3-10(16)5-11(12)15/h3-7,22H,8H2,1-2H3,(H2,17,19,21). The normalized spacial score (nSPS) is 13.5. The lowest BCUT2D eigenvalue weighted by atomic mass is 10.00. The Morgan fingerprint density at radius 1 is 1.55 bits per heavy atom. The highest BCUT2D eigenvalue weighted by Gasteiger charge is 2.25. The van der Waals surface area contributed by atoms with Crippen molar-refractivity contribution in [3.05, 3.63) is 47.0 Å². The summed E-state index contributed by atoms with van der Waals surface area (Å²) in [4.78, 5) is 11.8. The highest BCUT2D eigenvalue weighted by Crippen LogP contribution is 2.22. The average molecular weight is 327 g/mol. The maximum absolute atomic E-state index is 12.9. The first-order valence-corrected chi connectivity index (χ1v) is 6.87. The smallest absolute Gasteiger partial charge is 0.319 e. The zero-order chi connectivity index (χ0) is 16.3. The molecule has 2 aromatic rings. The van der Waals surface area contributed by atoms with Crippen LogP contribution >= 0.6 is 11.6 Å². The van der Waals surface area contributed by atoms with Crippen LogP contribution in [0.25, 0.3) is 0 Å². The molecule has 2 rings (SSSR count). The molecule has 22 heavy (non-hydrogen) atoms. The van der Waals surface area contributed by atoms with Crippen molar-refractivity contribution < 1.29 is 14.3 Å². The van der Waals surface area contributed by atoms with Crippen molar-refractivity contribution in [1.29, 1.82) is 0 Å². The summed E-state index contributed by atoms with van der Waals surface area (Å²) in [7, 11) is 1.73. The third kappa shape index (κ3) is 3.96. The molecule has 1 atom stereocenters. The second-order valence-corrected chi connectivity index (χ2v) is 5.52. The molecule has 8 heteroatoms. The van der Waals surface area contributed by atoms with Gasteiger partial charge in [-0.25, -0.2) is 9.18 Å². The second kappa shape index (κ2) is 6.33. The number of aromatic nitrogens is 2. The number of aryl methyl sites for hydroxylation is 1. The van der Waals surface area contributed by atoms with Gasteiger partial charge in [-0.1, -0.05) is 11.6 Å². The number of aliphatic hydroxyl groups is 1. The van der Waals surface area contributed by atoms with Gasteiger partial charge in [0.25, 0.3) is 0 Å². The van der Waals surface area contributed by atoms with E-state index in [1.807, 2.05) is 0 Å². The molecule has 0 saturated heterocycles. The molecule has 0 aliphatic carbocycles.